The molecule has 0 bridgehead atoms. The highest BCUT2D eigenvalue weighted by Gasteiger charge is 2.18. The van der Waals surface area contributed by atoms with Gasteiger partial charge in [0.1, 0.15) is 0 Å². The monoisotopic (exact) mass is 265 g/mol. The fraction of sp³-hybridized carbons (Fsp3) is 0.643. The van der Waals surface area contributed by atoms with Crippen molar-refractivity contribution in [3.8, 4) is 0 Å². The second-order valence-electron chi connectivity index (χ2n) is 5.43. The average molecular weight is 265 g/mol. The van der Waals surface area contributed by atoms with Crippen LogP contribution in [0.3, 0.4) is 0 Å². The van der Waals surface area contributed by atoms with Gasteiger partial charge in [-0.3, -0.25) is 15.0 Å². The number of nitrogens with one attached hydrogen (secondary N) is 1. The molecule has 1 aliphatic heterocycles. The van der Waals surface area contributed by atoms with Crippen molar-refractivity contribution >= 4 is 9.39 Å². The fourth-order valence-corrected chi connectivity index (χ4v) is 2.73. The van der Waals surface area contributed by atoms with Gasteiger partial charge in [-0.15, -0.1) is 0 Å². The van der Waals surface area contributed by atoms with Crippen LogP contribution in [0, 0.1) is 0 Å². The summed E-state index contributed by atoms with van der Waals surface area (Å²) in [5, 5.41) is 3.29. The number of aromatic nitrogens is 1. The third kappa shape index (κ3) is 3.74. The van der Waals surface area contributed by atoms with Gasteiger partial charge in [0.05, 0.1) is 5.69 Å². The van der Waals surface area contributed by atoms with Gasteiger partial charge in [0, 0.05) is 31.4 Å². The SMILES string of the molecule is CC(C)c1cccc(CN2CCC(NP)CC2)n1. The third-order valence-electron chi connectivity index (χ3n) is 3.63. The molecule has 0 amide bonds. The Labute approximate surface area is 113 Å². The molecule has 1 aromatic rings. The fourth-order valence-electron chi connectivity index (χ4n) is 2.39. The lowest BCUT2D eigenvalue weighted by Crippen LogP contribution is -2.39. The third-order valence-corrected chi connectivity index (χ3v) is 4.10. The van der Waals surface area contributed by atoms with Crippen LogP contribution < -0.4 is 5.09 Å². The molecular weight excluding hydrogens is 241 g/mol. The number of likely N-dealkylation sites (tertiary alicyclic amines) is 1. The lowest BCUT2D eigenvalue weighted by molar-refractivity contribution is 0.199. The Morgan fingerprint density at radius 2 is 2.11 bits per heavy atom. The first-order chi connectivity index (χ1) is 8.69. The van der Waals surface area contributed by atoms with Gasteiger partial charge in [-0.2, -0.15) is 0 Å². The highest BCUT2D eigenvalue weighted by Crippen LogP contribution is 2.16. The maximum Gasteiger partial charge on any atom is 0.0547 e. The number of piperidine rings is 1. The summed E-state index contributed by atoms with van der Waals surface area (Å²) in [6.07, 6.45) is 2.46. The van der Waals surface area contributed by atoms with Crippen LogP contribution >= 0.6 is 9.39 Å². The van der Waals surface area contributed by atoms with Crippen molar-refractivity contribution in [3.05, 3.63) is 29.6 Å². The molecule has 100 valence electrons. The number of hydrogen-bond acceptors (Lipinski definition) is 3. The van der Waals surface area contributed by atoms with Gasteiger partial charge >= 0.3 is 0 Å². The zero-order chi connectivity index (χ0) is 13.0. The molecule has 1 N–H and O–H groups in total. The molecule has 0 radical (unpaired) electrons. The minimum Gasteiger partial charge on any atom is -0.298 e. The van der Waals surface area contributed by atoms with Crippen molar-refractivity contribution in [1.29, 1.82) is 0 Å². The van der Waals surface area contributed by atoms with Crippen molar-refractivity contribution in [2.24, 2.45) is 0 Å². The molecule has 1 fully saturated rings. The molecular formula is C14H24N3P. The van der Waals surface area contributed by atoms with Crippen LogP contribution in [0.4, 0.5) is 0 Å². The Balaban J connectivity index is 1.92. The van der Waals surface area contributed by atoms with Crippen molar-refractivity contribution in [3.63, 3.8) is 0 Å². The summed E-state index contributed by atoms with van der Waals surface area (Å²) < 4.78 is 0. The second kappa shape index (κ2) is 6.60. The van der Waals surface area contributed by atoms with Crippen LogP contribution in [-0.2, 0) is 6.54 Å². The molecule has 1 aromatic heterocycles. The van der Waals surface area contributed by atoms with Crippen LogP contribution in [0.15, 0.2) is 18.2 Å². The zero-order valence-corrected chi connectivity index (χ0v) is 12.5. The van der Waals surface area contributed by atoms with Gasteiger partial charge in [-0.25, -0.2) is 0 Å². The maximum atomic E-state index is 4.74. The van der Waals surface area contributed by atoms with Crippen molar-refractivity contribution in [1.82, 2.24) is 15.0 Å². The average Bonchev–Trinajstić information content (AvgIpc) is 2.40. The van der Waals surface area contributed by atoms with E-state index in [1.54, 1.807) is 0 Å². The molecule has 18 heavy (non-hydrogen) atoms. The van der Waals surface area contributed by atoms with E-state index in [-0.39, 0.29) is 0 Å². The molecule has 0 aliphatic carbocycles. The van der Waals surface area contributed by atoms with Crippen LogP contribution in [-0.4, -0.2) is 29.0 Å². The van der Waals surface area contributed by atoms with Gasteiger partial charge in [0.2, 0.25) is 0 Å². The molecule has 1 aliphatic rings. The lowest BCUT2D eigenvalue weighted by Gasteiger charge is -2.31. The minimum atomic E-state index is 0.511. The summed E-state index contributed by atoms with van der Waals surface area (Å²) in [4.78, 5) is 7.25. The van der Waals surface area contributed by atoms with Gasteiger partial charge in [0.15, 0.2) is 0 Å². The van der Waals surface area contributed by atoms with Gasteiger partial charge in [-0.05, 0) is 30.9 Å². The number of pyridine rings is 1. The number of hydrogen-bond donors (Lipinski definition) is 1. The van der Waals surface area contributed by atoms with Gasteiger partial charge < -0.3 is 0 Å². The predicted molar refractivity (Wildman–Crippen MR) is 79.5 cm³/mol. The highest BCUT2D eigenvalue weighted by atomic mass is 31.0. The topological polar surface area (TPSA) is 28.2 Å². The molecule has 1 unspecified atom stereocenters. The van der Waals surface area contributed by atoms with E-state index in [1.807, 2.05) is 0 Å². The maximum absolute atomic E-state index is 4.74. The molecule has 4 heteroatoms. The van der Waals surface area contributed by atoms with Gasteiger partial charge in [-0.1, -0.05) is 29.3 Å². The smallest absolute Gasteiger partial charge is 0.0547 e. The Bertz CT molecular complexity index is 373. The zero-order valence-electron chi connectivity index (χ0n) is 11.4. The standard InChI is InChI=1S/C14H24N3P/c1-11(2)14-5-3-4-13(15-14)10-17-8-6-12(16-18)7-9-17/h3-5,11-12,16H,6-10,18H2,1-2H3. The Kier molecular flexibility index (Phi) is 5.11. The van der Waals surface area contributed by atoms with E-state index in [0.29, 0.717) is 12.0 Å². The Hall–Kier alpha value is -0.500. The summed E-state index contributed by atoms with van der Waals surface area (Å²) >= 11 is 0. The Morgan fingerprint density at radius 1 is 1.39 bits per heavy atom. The van der Waals surface area contributed by atoms with Crippen LogP contribution in [0.25, 0.3) is 0 Å². The first-order valence-corrected chi connectivity index (χ1v) is 7.41. The van der Waals surface area contributed by atoms with Gasteiger partial charge in [0.25, 0.3) is 0 Å². The van der Waals surface area contributed by atoms with Crippen LogP contribution in [0.1, 0.15) is 44.0 Å². The molecule has 0 aromatic carbocycles. The predicted octanol–water partition coefficient (Wildman–Crippen LogP) is 2.55. The lowest BCUT2D eigenvalue weighted by atomic mass is 10.1. The van der Waals surface area contributed by atoms with E-state index in [9.17, 15) is 0 Å². The molecule has 3 nitrogen and oxygen atoms in total. The quantitative estimate of drug-likeness (QED) is 0.848. The second-order valence-corrected chi connectivity index (χ2v) is 5.76. The van der Waals surface area contributed by atoms with E-state index in [4.69, 9.17) is 4.98 Å². The summed E-state index contributed by atoms with van der Waals surface area (Å²) in [5.41, 5.74) is 2.41. The molecule has 2 rings (SSSR count). The van der Waals surface area contributed by atoms with Crippen molar-refractivity contribution in [2.75, 3.05) is 13.1 Å². The Morgan fingerprint density at radius 3 is 2.72 bits per heavy atom. The minimum absolute atomic E-state index is 0.511. The van der Waals surface area contributed by atoms with E-state index in [2.05, 4.69) is 51.4 Å². The molecule has 0 spiro atoms. The highest BCUT2D eigenvalue weighted by molar-refractivity contribution is 7.13. The van der Waals surface area contributed by atoms with Crippen molar-refractivity contribution < 1.29 is 0 Å². The largest absolute Gasteiger partial charge is 0.298 e. The summed E-state index contributed by atoms with van der Waals surface area (Å²) in [6, 6.07) is 7.07. The van der Waals surface area contributed by atoms with Crippen LogP contribution in [0.2, 0.25) is 0 Å². The molecule has 2 heterocycles. The van der Waals surface area contributed by atoms with Crippen molar-refractivity contribution in [2.45, 2.75) is 45.2 Å². The van der Waals surface area contributed by atoms with E-state index in [1.165, 1.54) is 37.3 Å². The first-order valence-electron chi connectivity index (χ1n) is 6.83. The summed E-state index contributed by atoms with van der Waals surface area (Å²) in [6.45, 7) is 7.72. The van der Waals surface area contributed by atoms with E-state index >= 15 is 0 Å². The number of rotatable bonds is 4. The molecule has 1 atom stereocenters. The van der Waals surface area contributed by atoms with E-state index in [0.717, 1.165) is 6.54 Å². The molecule has 0 saturated carbocycles. The summed E-state index contributed by atoms with van der Waals surface area (Å²) in [5.74, 6) is 0.511. The first kappa shape index (κ1) is 13.9. The van der Waals surface area contributed by atoms with Crippen LogP contribution in [0.5, 0.6) is 0 Å². The summed E-state index contributed by atoms with van der Waals surface area (Å²) in [7, 11) is 2.63. The molecule has 1 saturated heterocycles. The normalized spacial score (nSPS) is 18.4. The van der Waals surface area contributed by atoms with E-state index < -0.39 is 0 Å². The number of nitrogens with zero attached hydrogens (tertiary/aromatic N) is 2.